The molecule has 1 aliphatic carbocycles. The van der Waals surface area contributed by atoms with E-state index in [0.29, 0.717) is 12.0 Å². The third-order valence-electron chi connectivity index (χ3n) is 2.79. The van der Waals surface area contributed by atoms with Gasteiger partial charge in [0.25, 0.3) is 6.01 Å². The van der Waals surface area contributed by atoms with Gasteiger partial charge in [-0.1, -0.05) is 13.8 Å². The van der Waals surface area contributed by atoms with Crippen LogP contribution < -0.4 is 10.2 Å². The van der Waals surface area contributed by atoms with Crippen molar-refractivity contribution in [2.45, 2.75) is 39.3 Å². The Kier molecular flexibility index (Phi) is 3.49. The molecular formula is C12H21N3O. The van der Waals surface area contributed by atoms with E-state index in [1.807, 2.05) is 0 Å². The van der Waals surface area contributed by atoms with E-state index in [4.69, 9.17) is 4.42 Å². The van der Waals surface area contributed by atoms with E-state index in [1.54, 1.807) is 6.26 Å². The Balaban J connectivity index is 1.82. The molecule has 4 heteroatoms. The average molecular weight is 223 g/mol. The lowest BCUT2D eigenvalue weighted by atomic mass is 10.2. The van der Waals surface area contributed by atoms with Crippen molar-refractivity contribution in [3.8, 4) is 0 Å². The van der Waals surface area contributed by atoms with Crippen molar-refractivity contribution in [1.82, 2.24) is 10.3 Å². The third-order valence-corrected chi connectivity index (χ3v) is 2.79. The van der Waals surface area contributed by atoms with Crippen LogP contribution in [-0.4, -0.2) is 24.6 Å². The first kappa shape index (κ1) is 11.5. The number of anilines is 1. The Bertz CT molecular complexity index is 331. The molecular weight excluding hydrogens is 202 g/mol. The van der Waals surface area contributed by atoms with Crippen LogP contribution >= 0.6 is 0 Å². The first-order valence-corrected chi connectivity index (χ1v) is 6.04. The monoisotopic (exact) mass is 223 g/mol. The fourth-order valence-electron chi connectivity index (χ4n) is 1.65. The molecule has 2 rings (SSSR count). The van der Waals surface area contributed by atoms with Crippen molar-refractivity contribution in [3.05, 3.63) is 12.0 Å². The molecule has 1 heterocycles. The van der Waals surface area contributed by atoms with Crippen molar-refractivity contribution in [1.29, 1.82) is 0 Å². The van der Waals surface area contributed by atoms with Crippen molar-refractivity contribution in [2.75, 3.05) is 18.5 Å². The highest BCUT2D eigenvalue weighted by Gasteiger charge is 2.28. The largest absolute Gasteiger partial charge is 0.432 e. The highest BCUT2D eigenvalue weighted by atomic mass is 16.4. The van der Waals surface area contributed by atoms with E-state index in [0.717, 1.165) is 24.8 Å². The van der Waals surface area contributed by atoms with Crippen LogP contribution in [0.2, 0.25) is 0 Å². The Hall–Kier alpha value is -1.03. The zero-order valence-corrected chi connectivity index (χ0v) is 10.4. The summed E-state index contributed by atoms with van der Waals surface area (Å²) >= 11 is 0. The smallest absolute Gasteiger partial charge is 0.297 e. The highest BCUT2D eigenvalue weighted by Crippen LogP contribution is 2.29. The molecule has 0 saturated heterocycles. The molecule has 16 heavy (non-hydrogen) atoms. The second kappa shape index (κ2) is 4.87. The van der Waals surface area contributed by atoms with Crippen molar-refractivity contribution < 1.29 is 4.42 Å². The van der Waals surface area contributed by atoms with E-state index in [2.05, 4.69) is 36.1 Å². The number of aromatic nitrogens is 1. The Labute approximate surface area is 97.0 Å². The summed E-state index contributed by atoms with van der Waals surface area (Å²) in [5.41, 5.74) is 0.989. The lowest BCUT2D eigenvalue weighted by molar-refractivity contribution is 0.534. The van der Waals surface area contributed by atoms with E-state index >= 15 is 0 Å². The number of hydrogen-bond acceptors (Lipinski definition) is 4. The molecule has 0 aromatic carbocycles. The number of rotatable bonds is 6. The minimum Gasteiger partial charge on any atom is -0.432 e. The predicted molar refractivity (Wildman–Crippen MR) is 64.5 cm³/mol. The van der Waals surface area contributed by atoms with Gasteiger partial charge in [-0.2, -0.15) is 4.98 Å². The Morgan fingerprint density at radius 1 is 1.56 bits per heavy atom. The SMILES string of the molecule is CC(C)CNCc1coc(N(C)C2CC2)n1. The quantitative estimate of drug-likeness (QED) is 0.801. The average Bonchev–Trinajstić information content (AvgIpc) is 2.97. The summed E-state index contributed by atoms with van der Waals surface area (Å²) in [6.07, 6.45) is 4.28. The molecule has 1 saturated carbocycles. The van der Waals surface area contributed by atoms with Crippen LogP contribution in [0.5, 0.6) is 0 Å². The summed E-state index contributed by atoms with van der Waals surface area (Å²) in [5, 5.41) is 3.36. The van der Waals surface area contributed by atoms with Crippen LogP contribution in [-0.2, 0) is 6.54 Å². The normalized spacial score (nSPS) is 15.8. The van der Waals surface area contributed by atoms with Gasteiger partial charge in [-0.3, -0.25) is 0 Å². The van der Waals surface area contributed by atoms with Gasteiger partial charge in [-0.05, 0) is 25.3 Å². The predicted octanol–water partition coefficient (Wildman–Crippen LogP) is 2.02. The van der Waals surface area contributed by atoms with Gasteiger partial charge >= 0.3 is 0 Å². The number of hydrogen-bond donors (Lipinski definition) is 1. The summed E-state index contributed by atoms with van der Waals surface area (Å²) in [4.78, 5) is 6.60. The molecule has 0 bridgehead atoms. The lowest BCUT2D eigenvalue weighted by Gasteiger charge is -2.11. The fourth-order valence-corrected chi connectivity index (χ4v) is 1.65. The van der Waals surface area contributed by atoms with Crippen LogP contribution in [0.4, 0.5) is 6.01 Å². The molecule has 0 atom stereocenters. The second-order valence-electron chi connectivity index (χ2n) is 4.99. The van der Waals surface area contributed by atoms with Gasteiger partial charge in [0.1, 0.15) is 6.26 Å². The summed E-state index contributed by atoms with van der Waals surface area (Å²) in [6, 6.07) is 1.40. The van der Waals surface area contributed by atoms with Gasteiger partial charge in [0.05, 0.1) is 5.69 Å². The summed E-state index contributed by atoms with van der Waals surface area (Å²) in [5.74, 6) is 0.667. The van der Waals surface area contributed by atoms with Crippen molar-refractivity contribution >= 4 is 6.01 Å². The summed E-state index contributed by atoms with van der Waals surface area (Å²) in [7, 11) is 2.05. The van der Waals surface area contributed by atoms with Crippen LogP contribution in [0, 0.1) is 5.92 Å². The first-order valence-electron chi connectivity index (χ1n) is 6.04. The zero-order valence-electron chi connectivity index (χ0n) is 10.4. The second-order valence-corrected chi connectivity index (χ2v) is 4.99. The van der Waals surface area contributed by atoms with Gasteiger partial charge in [0, 0.05) is 19.6 Å². The van der Waals surface area contributed by atoms with Gasteiger partial charge in [0.2, 0.25) is 0 Å². The van der Waals surface area contributed by atoms with Crippen LogP contribution in [0.15, 0.2) is 10.7 Å². The first-order chi connectivity index (χ1) is 7.66. The third kappa shape index (κ3) is 2.98. The molecule has 1 fully saturated rings. The molecule has 1 aromatic heterocycles. The molecule has 4 nitrogen and oxygen atoms in total. The van der Waals surface area contributed by atoms with Gasteiger partial charge < -0.3 is 14.6 Å². The minimum atomic E-state index is 0.648. The molecule has 0 aliphatic heterocycles. The maximum Gasteiger partial charge on any atom is 0.297 e. The standard InChI is InChI=1S/C12H21N3O/c1-9(2)6-13-7-10-8-16-12(14-10)15(3)11-4-5-11/h8-9,11,13H,4-7H2,1-3H3. The zero-order chi connectivity index (χ0) is 11.5. The number of nitrogens with one attached hydrogen (secondary N) is 1. The van der Waals surface area contributed by atoms with E-state index in [9.17, 15) is 0 Å². The van der Waals surface area contributed by atoms with Gasteiger partial charge in [0.15, 0.2) is 0 Å². The molecule has 1 aromatic rings. The van der Waals surface area contributed by atoms with Gasteiger partial charge in [-0.25, -0.2) is 0 Å². The van der Waals surface area contributed by atoms with Crippen LogP contribution in [0.1, 0.15) is 32.4 Å². The van der Waals surface area contributed by atoms with Crippen molar-refractivity contribution in [3.63, 3.8) is 0 Å². The van der Waals surface area contributed by atoms with E-state index < -0.39 is 0 Å². The summed E-state index contributed by atoms with van der Waals surface area (Å²) < 4.78 is 5.46. The van der Waals surface area contributed by atoms with Gasteiger partial charge in [-0.15, -0.1) is 0 Å². The Morgan fingerprint density at radius 2 is 2.31 bits per heavy atom. The topological polar surface area (TPSA) is 41.3 Å². The Morgan fingerprint density at radius 3 is 2.94 bits per heavy atom. The van der Waals surface area contributed by atoms with Crippen LogP contribution in [0.25, 0.3) is 0 Å². The van der Waals surface area contributed by atoms with Crippen molar-refractivity contribution in [2.24, 2.45) is 5.92 Å². The lowest BCUT2D eigenvalue weighted by Crippen LogP contribution is -2.21. The maximum atomic E-state index is 5.46. The number of oxazole rings is 1. The fraction of sp³-hybridized carbons (Fsp3) is 0.750. The maximum absolute atomic E-state index is 5.46. The van der Waals surface area contributed by atoms with Crippen LogP contribution in [0.3, 0.4) is 0 Å². The molecule has 1 aliphatic rings. The highest BCUT2D eigenvalue weighted by molar-refractivity contribution is 5.29. The molecule has 1 N–H and O–H groups in total. The van der Waals surface area contributed by atoms with E-state index in [1.165, 1.54) is 12.8 Å². The summed E-state index contributed by atoms with van der Waals surface area (Å²) in [6.45, 7) is 6.20. The molecule has 90 valence electrons. The molecule has 0 spiro atoms. The molecule has 0 radical (unpaired) electrons. The van der Waals surface area contributed by atoms with E-state index in [-0.39, 0.29) is 0 Å². The molecule has 0 amide bonds. The number of nitrogens with zero attached hydrogens (tertiary/aromatic N) is 2. The minimum absolute atomic E-state index is 0.648. The molecule has 0 unspecified atom stereocenters.